The van der Waals surface area contributed by atoms with Gasteiger partial charge in [0.25, 0.3) is 0 Å². The molecule has 0 bridgehead atoms. The second-order valence-electron chi connectivity index (χ2n) is 6.00. The Morgan fingerprint density at radius 2 is 1.95 bits per heavy atom. The summed E-state index contributed by atoms with van der Waals surface area (Å²) in [6.07, 6.45) is 7.39. The first-order valence-corrected chi connectivity index (χ1v) is 8.50. The van der Waals surface area contributed by atoms with E-state index in [1.54, 1.807) is 0 Å². The number of nitrogens with two attached hydrogens (primary N) is 1. The average Bonchev–Trinajstić information content (AvgIpc) is 2.55. The predicted molar refractivity (Wildman–Crippen MR) is 91.7 cm³/mol. The number of ether oxygens (including phenoxy) is 1. The number of nitrogens with one attached hydrogen (secondary N) is 1. The average molecular weight is 303 g/mol. The molecule has 0 aliphatic heterocycles. The summed E-state index contributed by atoms with van der Waals surface area (Å²) < 4.78 is 5.64. The Hall–Kier alpha value is -1.55. The molecule has 0 heterocycles. The maximum atomic E-state index is 6.03. The minimum atomic E-state index is 0.501. The molecule has 1 aliphatic carbocycles. The van der Waals surface area contributed by atoms with E-state index < -0.39 is 0 Å². The lowest BCUT2D eigenvalue weighted by atomic mass is 9.96. The Morgan fingerprint density at radius 1 is 1.23 bits per heavy atom. The molecule has 1 fully saturated rings. The van der Waals surface area contributed by atoms with Crippen molar-refractivity contribution >= 4 is 5.96 Å². The molecule has 1 aromatic rings. The molecule has 4 nitrogen and oxygen atoms in total. The highest BCUT2D eigenvalue weighted by atomic mass is 16.5. The van der Waals surface area contributed by atoms with Gasteiger partial charge in [-0.3, -0.25) is 0 Å². The largest absolute Gasteiger partial charge is 0.377 e. The molecular weight excluding hydrogens is 274 g/mol. The molecule has 0 aromatic heterocycles. The molecule has 0 unspecified atom stereocenters. The molecule has 22 heavy (non-hydrogen) atoms. The van der Waals surface area contributed by atoms with Gasteiger partial charge in [-0.05, 0) is 30.4 Å². The van der Waals surface area contributed by atoms with E-state index in [0.717, 1.165) is 13.0 Å². The van der Waals surface area contributed by atoms with Crippen molar-refractivity contribution in [3.63, 3.8) is 0 Å². The minimum absolute atomic E-state index is 0.501. The van der Waals surface area contributed by atoms with Gasteiger partial charge in [-0.1, -0.05) is 50.5 Å². The third-order valence-corrected chi connectivity index (χ3v) is 4.10. The molecule has 2 rings (SSSR count). The Kier molecular flexibility index (Phi) is 7.23. The van der Waals surface area contributed by atoms with Crippen molar-refractivity contribution < 1.29 is 4.74 Å². The van der Waals surface area contributed by atoms with Gasteiger partial charge in [0.15, 0.2) is 5.96 Å². The molecule has 0 radical (unpaired) electrons. The fourth-order valence-corrected chi connectivity index (χ4v) is 2.85. The van der Waals surface area contributed by atoms with Gasteiger partial charge in [0.1, 0.15) is 0 Å². The molecule has 3 N–H and O–H groups in total. The maximum Gasteiger partial charge on any atom is 0.189 e. The number of guanidine groups is 1. The molecule has 4 heteroatoms. The van der Waals surface area contributed by atoms with Crippen molar-refractivity contribution in [2.75, 3.05) is 6.61 Å². The van der Waals surface area contributed by atoms with Crippen LogP contribution in [0.3, 0.4) is 0 Å². The van der Waals surface area contributed by atoms with Gasteiger partial charge in [0.2, 0.25) is 0 Å². The second kappa shape index (κ2) is 9.46. The summed E-state index contributed by atoms with van der Waals surface area (Å²) in [5.41, 5.74) is 8.42. The molecule has 1 aromatic carbocycles. The van der Waals surface area contributed by atoms with Gasteiger partial charge in [-0.2, -0.15) is 0 Å². The Balaban J connectivity index is 1.87. The number of nitrogens with zero attached hydrogens (tertiary/aromatic N) is 1. The lowest BCUT2D eigenvalue weighted by Crippen LogP contribution is -2.41. The normalized spacial score (nSPS) is 16.7. The van der Waals surface area contributed by atoms with E-state index in [9.17, 15) is 0 Å². The summed E-state index contributed by atoms with van der Waals surface area (Å²) in [7, 11) is 0. The molecule has 0 spiro atoms. The number of aliphatic imine (C=N–C) groups is 1. The van der Waals surface area contributed by atoms with Crippen molar-refractivity contribution in [1.29, 1.82) is 0 Å². The monoisotopic (exact) mass is 303 g/mol. The highest BCUT2D eigenvalue weighted by molar-refractivity contribution is 5.78. The van der Waals surface area contributed by atoms with Crippen LogP contribution >= 0.6 is 0 Å². The summed E-state index contributed by atoms with van der Waals surface area (Å²) in [4.78, 5) is 4.51. The molecule has 0 amide bonds. The van der Waals surface area contributed by atoms with E-state index in [1.165, 1.54) is 43.2 Å². The highest BCUT2D eigenvalue weighted by Crippen LogP contribution is 2.17. The Morgan fingerprint density at radius 3 is 2.68 bits per heavy atom. The fourth-order valence-electron chi connectivity index (χ4n) is 2.85. The molecular formula is C18H29N3O. The quantitative estimate of drug-likeness (QED) is 0.461. The van der Waals surface area contributed by atoms with Crippen LogP contribution in [0.1, 0.15) is 56.6 Å². The summed E-state index contributed by atoms with van der Waals surface area (Å²) in [6, 6.07) is 8.79. The number of rotatable bonds is 7. The topological polar surface area (TPSA) is 59.6 Å². The van der Waals surface area contributed by atoms with Crippen molar-refractivity contribution in [2.24, 2.45) is 10.7 Å². The number of benzene rings is 1. The van der Waals surface area contributed by atoms with Crippen LogP contribution in [0.25, 0.3) is 0 Å². The van der Waals surface area contributed by atoms with Crippen LogP contribution in [0.2, 0.25) is 0 Å². The summed E-state index contributed by atoms with van der Waals surface area (Å²) in [6.45, 7) is 4.17. The van der Waals surface area contributed by atoms with Gasteiger partial charge in [-0.25, -0.2) is 4.99 Å². The van der Waals surface area contributed by atoms with E-state index in [0.29, 0.717) is 25.2 Å². The van der Waals surface area contributed by atoms with E-state index in [-0.39, 0.29) is 0 Å². The van der Waals surface area contributed by atoms with Crippen molar-refractivity contribution in [2.45, 2.75) is 64.6 Å². The fraction of sp³-hybridized carbons (Fsp3) is 0.611. The van der Waals surface area contributed by atoms with Gasteiger partial charge in [0.05, 0.1) is 13.2 Å². The van der Waals surface area contributed by atoms with E-state index in [2.05, 4.69) is 29.4 Å². The zero-order valence-corrected chi connectivity index (χ0v) is 13.7. The van der Waals surface area contributed by atoms with E-state index in [1.807, 2.05) is 12.1 Å². The smallest absolute Gasteiger partial charge is 0.189 e. The SMILES string of the molecule is CCCOCc1ccccc1CN=C(N)NC1CCCCC1. The van der Waals surface area contributed by atoms with Crippen LogP contribution in [-0.4, -0.2) is 18.6 Å². The zero-order chi connectivity index (χ0) is 15.6. The first kappa shape index (κ1) is 16.8. The zero-order valence-electron chi connectivity index (χ0n) is 13.7. The Labute approximate surface area is 134 Å². The van der Waals surface area contributed by atoms with E-state index in [4.69, 9.17) is 10.5 Å². The van der Waals surface area contributed by atoms with Gasteiger partial charge in [0, 0.05) is 12.6 Å². The lowest BCUT2D eigenvalue weighted by molar-refractivity contribution is 0.121. The van der Waals surface area contributed by atoms with Crippen LogP contribution in [0.15, 0.2) is 29.3 Å². The third-order valence-electron chi connectivity index (χ3n) is 4.10. The highest BCUT2D eigenvalue weighted by Gasteiger charge is 2.13. The van der Waals surface area contributed by atoms with Crippen LogP contribution in [0, 0.1) is 0 Å². The molecule has 122 valence electrons. The number of hydrogen-bond donors (Lipinski definition) is 2. The third kappa shape index (κ3) is 5.68. The van der Waals surface area contributed by atoms with Crippen molar-refractivity contribution in [3.05, 3.63) is 35.4 Å². The van der Waals surface area contributed by atoms with Gasteiger partial charge >= 0.3 is 0 Å². The summed E-state index contributed by atoms with van der Waals surface area (Å²) >= 11 is 0. The Bertz CT molecular complexity index is 467. The molecule has 0 saturated heterocycles. The van der Waals surface area contributed by atoms with Gasteiger partial charge < -0.3 is 15.8 Å². The van der Waals surface area contributed by atoms with Crippen molar-refractivity contribution in [1.82, 2.24) is 5.32 Å². The summed E-state index contributed by atoms with van der Waals surface area (Å²) in [5, 5.41) is 3.36. The molecule has 1 aliphatic rings. The minimum Gasteiger partial charge on any atom is -0.377 e. The number of hydrogen-bond acceptors (Lipinski definition) is 2. The second-order valence-corrected chi connectivity index (χ2v) is 6.00. The summed E-state index contributed by atoms with van der Waals surface area (Å²) in [5.74, 6) is 0.566. The lowest BCUT2D eigenvalue weighted by Gasteiger charge is -2.23. The van der Waals surface area contributed by atoms with E-state index >= 15 is 0 Å². The first-order valence-electron chi connectivity index (χ1n) is 8.50. The molecule has 1 saturated carbocycles. The molecule has 0 atom stereocenters. The van der Waals surface area contributed by atoms with Crippen molar-refractivity contribution in [3.8, 4) is 0 Å². The van der Waals surface area contributed by atoms with Crippen LogP contribution < -0.4 is 11.1 Å². The maximum absolute atomic E-state index is 6.03. The van der Waals surface area contributed by atoms with Crippen LogP contribution in [0.4, 0.5) is 0 Å². The standard InChI is InChI=1S/C18H29N3O/c1-2-12-22-14-16-9-7-6-8-15(16)13-20-18(19)21-17-10-4-3-5-11-17/h6-9,17H,2-5,10-14H2,1H3,(H3,19,20,21). The van der Waals surface area contributed by atoms with Gasteiger partial charge in [-0.15, -0.1) is 0 Å². The van der Waals surface area contributed by atoms with Crippen LogP contribution in [-0.2, 0) is 17.9 Å². The predicted octanol–water partition coefficient (Wildman–Crippen LogP) is 3.35. The van der Waals surface area contributed by atoms with Crippen LogP contribution in [0.5, 0.6) is 0 Å². The first-order chi connectivity index (χ1) is 10.8.